The molecule has 25 heavy (non-hydrogen) atoms. The first-order chi connectivity index (χ1) is 11.9. The standard InChI is InChI=1S/C16H19ClN8/c1-16(19)2-4-25(5-3-16)12-8-20-14-13(23-24-15(14)22-12)9-6-10(17)21-11(18)7-9/h6-8H,2-5,19H2,1H3,(H2,18,21)(H,22,23,24). The van der Waals surface area contributed by atoms with Crippen molar-refractivity contribution >= 4 is 34.4 Å². The van der Waals surface area contributed by atoms with Crippen molar-refractivity contribution in [1.29, 1.82) is 0 Å². The van der Waals surface area contributed by atoms with E-state index in [1.165, 1.54) is 0 Å². The van der Waals surface area contributed by atoms with Gasteiger partial charge in [0.15, 0.2) is 5.65 Å². The van der Waals surface area contributed by atoms with Crippen molar-refractivity contribution in [1.82, 2.24) is 25.1 Å². The van der Waals surface area contributed by atoms with Gasteiger partial charge in [0, 0.05) is 24.2 Å². The van der Waals surface area contributed by atoms with E-state index in [2.05, 4.69) is 37.0 Å². The average molecular weight is 359 g/mol. The van der Waals surface area contributed by atoms with Crippen LogP contribution in [0.15, 0.2) is 18.3 Å². The maximum Gasteiger partial charge on any atom is 0.177 e. The number of rotatable bonds is 2. The molecular weight excluding hydrogens is 340 g/mol. The molecule has 9 heteroatoms. The molecule has 1 aliphatic heterocycles. The molecule has 1 saturated heterocycles. The second-order valence-corrected chi connectivity index (χ2v) is 7.13. The fourth-order valence-electron chi connectivity index (χ4n) is 3.05. The Kier molecular flexibility index (Phi) is 3.73. The van der Waals surface area contributed by atoms with E-state index in [1.54, 1.807) is 18.3 Å². The van der Waals surface area contributed by atoms with Gasteiger partial charge in [-0.1, -0.05) is 11.6 Å². The van der Waals surface area contributed by atoms with Crippen molar-refractivity contribution in [2.24, 2.45) is 5.73 Å². The van der Waals surface area contributed by atoms with Crippen LogP contribution in [0.3, 0.4) is 0 Å². The molecule has 0 saturated carbocycles. The second-order valence-electron chi connectivity index (χ2n) is 6.74. The van der Waals surface area contributed by atoms with Crippen LogP contribution in [0.5, 0.6) is 0 Å². The summed E-state index contributed by atoms with van der Waals surface area (Å²) >= 11 is 5.99. The predicted octanol–water partition coefficient (Wildman–Crippen LogP) is 1.97. The highest BCUT2D eigenvalue weighted by Gasteiger charge is 2.27. The first-order valence-electron chi connectivity index (χ1n) is 8.10. The van der Waals surface area contributed by atoms with Gasteiger partial charge in [-0.25, -0.2) is 15.0 Å². The summed E-state index contributed by atoms with van der Waals surface area (Å²) in [5.74, 6) is 1.16. The molecule has 0 spiro atoms. The van der Waals surface area contributed by atoms with E-state index in [0.29, 0.717) is 27.8 Å². The summed E-state index contributed by atoms with van der Waals surface area (Å²) in [6.07, 6.45) is 3.62. The first-order valence-corrected chi connectivity index (χ1v) is 8.47. The molecule has 3 aromatic heterocycles. The Bertz CT molecular complexity index is 905. The Labute approximate surface area is 149 Å². The minimum absolute atomic E-state index is 0.101. The van der Waals surface area contributed by atoms with Gasteiger partial charge in [-0.2, -0.15) is 5.10 Å². The van der Waals surface area contributed by atoms with Crippen LogP contribution in [0, 0.1) is 0 Å². The molecule has 130 valence electrons. The van der Waals surface area contributed by atoms with Crippen molar-refractivity contribution in [2.75, 3.05) is 23.7 Å². The summed E-state index contributed by atoms with van der Waals surface area (Å²) in [4.78, 5) is 15.4. The van der Waals surface area contributed by atoms with Crippen LogP contribution in [0.2, 0.25) is 5.15 Å². The van der Waals surface area contributed by atoms with E-state index < -0.39 is 0 Å². The van der Waals surface area contributed by atoms with Crippen LogP contribution >= 0.6 is 11.6 Å². The molecule has 1 fully saturated rings. The molecular formula is C16H19ClN8. The first kappa shape index (κ1) is 16.0. The SMILES string of the molecule is CC1(N)CCN(c2cnc3c(-c4cc(N)nc(Cl)c4)n[nH]c3n2)CC1. The Balaban J connectivity index is 1.67. The third-order valence-corrected chi connectivity index (χ3v) is 4.77. The lowest BCUT2D eigenvalue weighted by Crippen LogP contribution is -2.48. The van der Waals surface area contributed by atoms with E-state index in [1.807, 2.05) is 0 Å². The van der Waals surface area contributed by atoms with Crippen LogP contribution < -0.4 is 16.4 Å². The normalized spacial score (nSPS) is 17.2. The number of piperidine rings is 1. The minimum Gasteiger partial charge on any atom is -0.384 e. The van der Waals surface area contributed by atoms with Gasteiger partial charge < -0.3 is 16.4 Å². The van der Waals surface area contributed by atoms with Crippen molar-refractivity contribution < 1.29 is 0 Å². The van der Waals surface area contributed by atoms with Gasteiger partial charge >= 0.3 is 0 Å². The molecule has 4 heterocycles. The number of hydrogen-bond acceptors (Lipinski definition) is 7. The van der Waals surface area contributed by atoms with Crippen LogP contribution in [-0.2, 0) is 0 Å². The van der Waals surface area contributed by atoms with Gasteiger partial charge in [0.2, 0.25) is 0 Å². The van der Waals surface area contributed by atoms with E-state index >= 15 is 0 Å². The zero-order chi connectivity index (χ0) is 17.6. The van der Waals surface area contributed by atoms with Gasteiger partial charge in [0.25, 0.3) is 0 Å². The van der Waals surface area contributed by atoms with Crippen molar-refractivity contribution in [2.45, 2.75) is 25.3 Å². The summed E-state index contributed by atoms with van der Waals surface area (Å²) in [6, 6.07) is 3.42. The van der Waals surface area contributed by atoms with E-state index in [0.717, 1.165) is 37.3 Å². The number of fused-ring (bicyclic) bond motifs is 1. The van der Waals surface area contributed by atoms with Gasteiger partial charge in [-0.3, -0.25) is 5.10 Å². The Hall–Kier alpha value is -2.45. The summed E-state index contributed by atoms with van der Waals surface area (Å²) < 4.78 is 0. The molecule has 0 bridgehead atoms. The lowest BCUT2D eigenvalue weighted by molar-refractivity contribution is 0.363. The number of anilines is 2. The molecule has 0 atom stereocenters. The summed E-state index contributed by atoms with van der Waals surface area (Å²) in [5, 5.41) is 7.58. The highest BCUT2D eigenvalue weighted by molar-refractivity contribution is 6.29. The number of aromatic amines is 1. The Morgan fingerprint density at radius 2 is 2.00 bits per heavy atom. The fourth-order valence-corrected chi connectivity index (χ4v) is 3.26. The highest BCUT2D eigenvalue weighted by atomic mass is 35.5. The summed E-state index contributed by atoms with van der Waals surface area (Å²) in [7, 11) is 0. The molecule has 3 aromatic rings. The molecule has 0 unspecified atom stereocenters. The van der Waals surface area contributed by atoms with Crippen LogP contribution in [0.25, 0.3) is 22.4 Å². The molecule has 0 radical (unpaired) electrons. The molecule has 0 aromatic carbocycles. The minimum atomic E-state index is -0.101. The number of halogens is 1. The third kappa shape index (κ3) is 3.10. The number of nitrogens with zero attached hydrogens (tertiary/aromatic N) is 5. The van der Waals surface area contributed by atoms with Gasteiger partial charge in [0.1, 0.15) is 28.0 Å². The van der Waals surface area contributed by atoms with Crippen molar-refractivity contribution in [3.05, 3.63) is 23.5 Å². The van der Waals surface area contributed by atoms with Crippen LogP contribution in [-0.4, -0.2) is 43.8 Å². The third-order valence-electron chi connectivity index (χ3n) is 4.57. The molecule has 8 nitrogen and oxygen atoms in total. The van der Waals surface area contributed by atoms with Crippen LogP contribution in [0.4, 0.5) is 11.6 Å². The van der Waals surface area contributed by atoms with Gasteiger partial charge in [-0.15, -0.1) is 0 Å². The van der Waals surface area contributed by atoms with E-state index in [9.17, 15) is 0 Å². The zero-order valence-electron chi connectivity index (χ0n) is 13.8. The highest BCUT2D eigenvalue weighted by Crippen LogP contribution is 2.29. The Morgan fingerprint density at radius 3 is 2.72 bits per heavy atom. The number of nitrogens with one attached hydrogen (secondary N) is 1. The molecule has 5 N–H and O–H groups in total. The number of nitrogen functional groups attached to an aromatic ring is 1. The van der Waals surface area contributed by atoms with Gasteiger partial charge in [0.05, 0.1) is 6.20 Å². The quantitative estimate of drug-likeness (QED) is 0.598. The number of H-pyrrole nitrogens is 1. The maximum atomic E-state index is 6.20. The predicted molar refractivity (Wildman–Crippen MR) is 98.4 cm³/mol. The molecule has 1 aliphatic rings. The lowest BCUT2D eigenvalue weighted by atomic mass is 9.91. The monoisotopic (exact) mass is 358 g/mol. The zero-order valence-corrected chi connectivity index (χ0v) is 14.6. The molecule has 0 aliphatic carbocycles. The summed E-state index contributed by atoms with van der Waals surface area (Å²) in [5.41, 5.74) is 14.6. The number of hydrogen-bond donors (Lipinski definition) is 3. The second kappa shape index (κ2) is 5.82. The fraction of sp³-hybridized carbons (Fsp3) is 0.375. The molecule has 4 rings (SSSR count). The largest absolute Gasteiger partial charge is 0.384 e. The van der Waals surface area contributed by atoms with E-state index in [-0.39, 0.29) is 5.54 Å². The van der Waals surface area contributed by atoms with Crippen molar-refractivity contribution in [3.8, 4) is 11.3 Å². The maximum absolute atomic E-state index is 6.20. The van der Waals surface area contributed by atoms with Crippen LogP contribution in [0.1, 0.15) is 19.8 Å². The number of aromatic nitrogens is 5. The number of nitrogens with two attached hydrogens (primary N) is 2. The average Bonchev–Trinajstić information content (AvgIpc) is 2.97. The van der Waals surface area contributed by atoms with E-state index in [4.69, 9.17) is 23.1 Å². The Morgan fingerprint density at radius 1 is 1.24 bits per heavy atom. The summed E-state index contributed by atoms with van der Waals surface area (Å²) in [6.45, 7) is 3.82. The van der Waals surface area contributed by atoms with Gasteiger partial charge in [-0.05, 0) is 31.9 Å². The number of pyridine rings is 1. The van der Waals surface area contributed by atoms with Crippen molar-refractivity contribution in [3.63, 3.8) is 0 Å². The lowest BCUT2D eigenvalue weighted by Gasteiger charge is -2.37. The smallest absolute Gasteiger partial charge is 0.177 e. The molecule has 0 amide bonds. The topological polar surface area (TPSA) is 123 Å².